The van der Waals surface area contributed by atoms with Gasteiger partial charge in [0.15, 0.2) is 18.5 Å². The van der Waals surface area contributed by atoms with E-state index in [0.29, 0.717) is 12.8 Å². The molecule has 0 spiro atoms. The number of aliphatic hydroxyl groups is 3. The van der Waals surface area contributed by atoms with Crippen LogP contribution in [0.1, 0.15) is 30.7 Å². The third kappa shape index (κ3) is 3.11. The lowest BCUT2D eigenvalue weighted by Crippen LogP contribution is -2.65. The van der Waals surface area contributed by atoms with E-state index in [9.17, 15) is 30.0 Å². The van der Waals surface area contributed by atoms with Crippen molar-refractivity contribution >= 4 is 11.9 Å². The smallest absolute Gasteiger partial charge is 0.292 e. The largest absolute Gasteiger partial charge is 0.547 e. The van der Waals surface area contributed by atoms with Gasteiger partial charge >= 0.3 is 0 Å². The van der Waals surface area contributed by atoms with Gasteiger partial charge in [0.25, 0.3) is 6.23 Å². The molecule has 3 rings (SSSR count). The molecule has 9 nitrogen and oxygen atoms in total. The van der Waals surface area contributed by atoms with Gasteiger partial charge < -0.3 is 34.9 Å². The summed E-state index contributed by atoms with van der Waals surface area (Å²) in [6.45, 7) is 0. The number of carboxylic acids is 1. The van der Waals surface area contributed by atoms with E-state index in [1.54, 1.807) is 30.4 Å². The molecule has 9 heteroatoms. The molecule has 6 atom stereocenters. The highest BCUT2D eigenvalue weighted by Gasteiger charge is 2.49. The van der Waals surface area contributed by atoms with Crippen molar-refractivity contribution in [1.29, 1.82) is 0 Å². The third-order valence-electron chi connectivity index (χ3n) is 4.84. The molecule has 0 aliphatic carbocycles. The summed E-state index contributed by atoms with van der Waals surface area (Å²) in [6, 6.07) is 3.36. The van der Waals surface area contributed by atoms with E-state index < -0.39 is 36.6 Å². The fourth-order valence-corrected chi connectivity index (χ4v) is 3.36. The Morgan fingerprint density at radius 3 is 2.64 bits per heavy atom. The van der Waals surface area contributed by atoms with Crippen LogP contribution in [-0.4, -0.2) is 63.6 Å². The standard InChI is InChI=1S/C16H20N2O7/c1-17-9(4-5-10(17)19)8-3-2-6-18(7-8)15-13(22)11(20)12(21)14(25-15)16(23)24/h2-3,6-7,9,11-15,20-22H,4-5H2,1H3/t9-,11-,12-,13+,14-,15+/m0/s1. The second kappa shape index (κ2) is 6.68. The Hall–Kier alpha value is -2.07. The number of ether oxygens (including phenoxy) is 1. The topological polar surface area (TPSA) is 134 Å². The van der Waals surface area contributed by atoms with E-state index in [0.717, 1.165) is 5.56 Å². The maximum Gasteiger partial charge on any atom is 0.292 e. The van der Waals surface area contributed by atoms with Crippen LogP contribution < -0.4 is 9.67 Å². The Morgan fingerprint density at radius 1 is 1.32 bits per heavy atom. The first-order chi connectivity index (χ1) is 11.8. The molecule has 1 amide bonds. The molecule has 2 fully saturated rings. The number of aliphatic hydroxyl groups excluding tert-OH is 3. The molecule has 1 aromatic rings. The van der Waals surface area contributed by atoms with E-state index in [2.05, 4.69) is 0 Å². The Bertz CT molecular complexity index is 682. The van der Waals surface area contributed by atoms with Crippen LogP contribution in [0.2, 0.25) is 0 Å². The zero-order valence-corrected chi connectivity index (χ0v) is 13.6. The molecule has 3 N–H and O–H groups in total. The highest BCUT2D eigenvalue weighted by molar-refractivity contribution is 5.78. The molecule has 136 valence electrons. The lowest BCUT2D eigenvalue weighted by atomic mass is 9.97. The van der Waals surface area contributed by atoms with Crippen molar-refractivity contribution in [2.45, 2.75) is 49.5 Å². The fourth-order valence-electron chi connectivity index (χ4n) is 3.36. The maximum atomic E-state index is 11.7. The average molecular weight is 352 g/mol. The number of rotatable bonds is 3. The van der Waals surface area contributed by atoms with Crippen molar-refractivity contribution in [1.82, 2.24) is 4.90 Å². The molecule has 2 saturated heterocycles. The van der Waals surface area contributed by atoms with Crippen LogP contribution in [0.5, 0.6) is 0 Å². The molecular formula is C16H20N2O7. The second-order valence-corrected chi connectivity index (χ2v) is 6.38. The number of pyridine rings is 1. The monoisotopic (exact) mass is 352 g/mol. The molecule has 0 saturated carbocycles. The van der Waals surface area contributed by atoms with Crippen LogP contribution in [0.4, 0.5) is 0 Å². The van der Waals surface area contributed by atoms with Gasteiger partial charge in [0.05, 0.1) is 12.0 Å². The molecule has 2 aliphatic rings. The van der Waals surface area contributed by atoms with Crippen LogP contribution in [0, 0.1) is 0 Å². The number of likely N-dealkylation sites (tertiary alicyclic amines) is 1. The molecule has 1 aromatic heterocycles. The number of hydrogen-bond acceptors (Lipinski definition) is 7. The normalized spacial score (nSPS) is 35.8. The number of amides is 1. The van der Waals surface area contributed by atoms with Crippen LogP contribution in [0.15, 0.2) is 24.5 Å². The molecule has 0 aromatic carbocycles. The Balaban J connectivity index is 1.89. The first-order valence-electron chi connectivity index (χ1n) is 7.98. The number of aliphatic carboxylic acids is 1. The first-order valence-corrected chi connectivity index (χ1v) is 7.98. The maximum absolute atomic E-state index is 11.7. The molecule has 2 aliphatic heterocycles. The van der Waals surface area contributed by atoms with Gasteiger partial charge in [0.1, 0.15) is 18.3 Å². The molecule has 25 heavy (non-hydrogen) atoms. The highest BCUT2D eigenvalue weighted by atomic mass is 16.6. The number of nitrogens with zero attached hydrogens (tertiary/aromatic N) is 2. The van der Waals surface area contributed by atoms with Crippen molar-refractivity contribution in [3.05, 3.63) is 30.1 Å². The predicted octanol–water partition coefficient (Wildman–Crippen LogP) is -3.00. The van der Waals surface area contributed by atoms with Gasteiger partial charge in [-0.1, -0.05) is 0 Å². The Labute approximate surface area is 143 Å². The van der Waals surface area contributed by atoms with Gasteiger partial charge in [-0.2, -0.15) is 4.57 Å². The van der Waals surface area contributed by atoms with E-state index in [1.165, 1.54) is 4.57 Å². The van der Waals surface area contributed by atoms with Crippen LogP contribution in [0.3, 0.4) is 0 Å². The quantitative estimate of drug-likeness (QED) is 0.494. The second-order valence-electron chi connectivity index (χ2n) is 6.38. The van der Waals surface area contributed by atoms with E-state index >= 15 is 0 Å². The SMILES string of the molecule is CN1C(=O)CC[C@H]1c1ccc[n+]([C@@H]2O[C@H](C(=O)[O-])[C@@H](O)[C@H](O)[C@H]2O)c1. The minimum atomic E-state index is -1.79. The van der Waals surface area contributed by atoms with Gasteiger partial charge in [-0.25, -0.2) is 0 Å². The summed E-state index contributed by atoms with van der Waals surface area (Å²) in [6.07, 6.45) is -3.75. The Kier molecular flexibility index (Phi) is 4.74. The minimum Gasteiger partial charge on any atom is -0.547 e. The van der Waals surface area contributed by atoms with E-state index in [-0.39, 0.29) is 11.9 Å². The van der Waals surface area contributed by atoms with Crippen LogP contribution in [0.25, 0.3) is 0 Å². The number of hydrogen-bond donors (Lipinski definition) is 3. The van der Waals surface area contributed by atoms with Gasteiger partial charge in [-0.3, -0.25) is 4.79 Å². The zero-order chi connectivity index (χ0) is 18.3. The summed E-state index contributed by atoms with van der Waals surface area (Å²) in [5.74, 6) is -1.65. The summed E-state index contributed by atoms with van der Waals surface area (Å²) < 4.78 is 6.67. The zero-order valence-electron chi connectivity index (χ0n) is 13.6. The highest BCUT2D eigenvalue weighted by Crippen LogP contribution is 2.31. The number of carboxylic acid groups (broad SMARTS) is 1. The van der Waals surface area contributed by atoms with E-state index in [1.807, 2.05) is 6.07 Å². The molecule has 0 unspecified atom stereocenters. The third-order valence-corrected chi connectivity index (χ3v) is 4.84. The fraction of sp³-hybridized carbons (Fsp3) is 0.562. The average Bonchev–Trinajstić information content (AvgIpc) is 2.92. The van der Waals surface area contributed by atoms with Crippen molar-refractivity contribution in [3.63, 3.8) is 0 Å². The summed E-state index contributed by atoms with van der Waals surface area (Å²) in [7, 11) is 1.70. The number of carbonyl (C=O) groups excluding carboxylic acids is 2. The van der Waals surface area contributed by atoms with Gasteiger partial charge in [-0.15, -0.1) is 0 Å². The molecule has 0 bridgehead atoms. The van der Waals surface area contributed by atoms with E-state index in [4.69, 9.17) is 4.74 Å². The van der Waals surface area contributed by atoms with Gasteiger partial charge in [0, 0.05) is 25.1 Å². The summed E-state index contributed by atoms with van der Waals surface area (Å²) in [5, 5.41) is 40.9. The van der Waals surface area contributed by atoms with Gasteiger partial charge in [-0.05, 0) is 12.5 Å². The van der Waals surface area contributed by atoms with Gasteiger partial charge in [0.2, 0.25) is 5.91 Å². The summed E-state index contributed by atoms with van der Waals surface area (Å²) in [5.41, 5.74) is 0.789. The molecule has 3 heterocycles. The summed E-state index contributed by atoms with van der Waals surface area (Å²) >= 11 is 0. The molecule has 0 radical (unpaired) electrons. The Morgan fingerprint density at radius 2 is 2.04 bits per heavy atom. The van der Waals surface area contributed by atoms with Crippen molar-refractivity contribution in [2.24, 2.45) is 0 Å². The van der Waals surface area contributed by atoms with Crippen molar-refractivity contribution < 1.29 is 39.3 Å². The lowest BCUT2D eigenvalue weighted by molar-refractivity contribution is -0.777. The minimum absolute atomic E-state index is 0.0323. The first kappa shape index (κ1) is 17.7. The van der Waals surface area contributed by atoms with Crippen LogP contribution in [-0.2, 0) is 14.3 Å². The molecular weight excluding hydrogens is 332 g/mol. The van der Waals surface area contributed by atoms with Crippen molar-refractivity contribution in [2.75, 3.05) is 7.05 Å². The lowest BCUT2D eigenvalue weighted by Gasteiger charge is -2.37. The number of aromatic nitrogens is 1. The summed E-state index contributed by atoms with van der Waals surface area (Å²) in [4.78, 5) is 24.4. The van der Waals surface area contributed by atoms with Crippen molar-refractivity contribution in [3.8, 4) is 0 Å². The number of carbonyl (C=O) groups is 2. The van der Waals surface area contributed by atoms with Crippen LogP contribution >= 0.6 is 0 Å². The predicted molar refractivity (Wildman–Crippen MR) is 78.3 cm³/mol.